The molecule has 0 bridgehead atoms. The van der Waals surface area contributed by atoms with E-state index in [0.29, 0.717) is 5.82 Å². The molecule has 0 saturated heterocycles. The Balaban J connectivity index is 1.08. The molecule has 0 unspecified atom stereocenters. The second-order valence-electron chi connectivity index (χ2n) is 13.8. The van der Waals surface area contributed by atoms with Gasteiger partial charge in [0.2, 0.25) is 0 Å². The summed E-state index contributed by atoms with van der Waals surface area (Å²) in [6.07, 6.45) is 3.78. The number of hydrogen-bond acceptors (Lipinski definition) is 4. The quantitative estimate of drug-likeness (QED) is 0.154. The molecular formula is C52H34N4. The third kappa shape index (κ3) is 6.19. The molecule has 4 heteroatoms. The van der Waals surface area contributed by atoms with E-state index in [1.807, 2.05) is 48.7 Å². The topological polar surface area (TPSA) is 51.6 Å². The van der Waals surface area contributed by atoms with Crippen LogP contribution >= 0.6 is 0 Å². The summed E-state index contributed by atoms with van der Waals surface area (Å²) in [5.41, 5.74) is 13.4. The van der Waals surface area contributed by atoms with Crippen molar-refractivity contribution in [2.45, 2.75) is 0 Å². The van der Waals surface area contributed by atoms with Crippen molar-refractivity contribution in [1.29, 1.82) is 0 Å². The van der Waals surface area contributed by atoms with Crippen molar-refractivity contribution in [3.63, 3.8) is 0 Å². The molecule has 0 aliphatic heterocycles. The molecule has 0 spiro atoms. The second-order valence-corrected chi connectivity index (χ2v) is 13.8. The fourth-order valence-electron chi connectivity index (χ4n) is 7.71. The number of nitrogens with zero attached hydrogens (tertiary/aromatic N) is 4. The summed E-state index contributed by atoms with van der Waals surface area (Å²) in [6, 6.07) is 67.8. The van der Waals surface area contributed by atoms with Gasteiger partial charge in [-0.15, -0.1) is 0 Å². The van der Waals surface area contributed by atoms with E-state index >= 15 is 0 Å². The number of benzene rings is 7. The minimum absolute atomic E-state index is 0.697. The van der Waals surface area contributed by atoms with Crippen molar-refractivity contribution >= 4 is 21.5 Å². The third-order valence-electron chi connectivity index (χ3n) is 10.4. The van der Waals surface area contributed by atoms with Crippen LogP contribution in [0.4, 0.5) is 0 Å². The molecule has 0 aliphatic carbocycles. The fraction of sp³-hybridized carbons (Fsp3) is 0. The largest absolute Gasteiger partial charge is 0.255 e. The first-order chi connectivity index (χ1) is 27.8. The standard InChI is InChI=1S/C52H34N4/c1-3-14-35(15-4-1)39-18-13-19-40(32-39)49-33-48(55-52(56-49)38-16-5-2-6-17-38)36-25-27-37(28-26-36)50-42-20-7-9-22-44(42)51(45-23-10-8-21-43(45)50)41-29-30-47(54-34-41)46-24-11-12-31-53-46/h1-34H. The van der Waals surface area contributed by atoms with Crippen LogP contribution in [0.3, 0.4) is 0 Å². The maximum Gasteiger partial charge on any atom is 0.160 e. The first kappa shape index (κ1) is 33.0. The number of hydrogen-bond donors (Lipinski definition) is 0. The highest BCUT2D eigenvalue weighted by Gasteiger charge is 2.18. The second kappa shape index (κ2) is 14.3. The molecule has 0 amide bonds. The average molecular weight is 715 g/mol. The normalized spacial score (nSPS) is 11.2. The zero-order valence-electron chi connectivity index (χ0n) is 30.4. The average Bonchev–Trinajstić information content (AvgIpc) is 3.29. The molecule has 0 N–H and O–H groups in total. The Kier molecular flexibility index (Phi) is 8.47. The van der Waals surface area contributed by atoms with Crippen LogP contribution in [0.25, 0.3) is 100 Å². The summed E-state index contributed by atoms with van der Waals surface area (Å²) < 4.78 is 0. The van der Waals surface area contributed by atoms with Gasteiger partial charge in [0.1, 0.15) is 0 Å². The van der Waals surface area contributed by atoms with Crippen LogP contribution in [-0.4, -0.2) is 19.9 Å². The van der Waals surface area contributed by atoms with E-state index in [1.54, 1.807) is 6.20 Å². The smallest absolute Gasteiger partial charge is 0.160 e. The lowest BCUT2D eigenvalue weighted by Gasteiger charge is -2.18. The van der Waals surface area contributed by atoms with Crippen LogP contribution in [0.2, 0.25) is 0 Å². The molecule has 0 atom stereocenters. The summed E-state index contributed by atoms with van der Waals surface area (Å²) in [5, 5.41) is 4.75. The number of fused-ring (bicyclic) bond motifs is 2. The highest BCUT2D eigenvalue weighted by Crippen LogP contribution is 2.44. The van der Waals surface area contributed by atoms with Crippen LogP contribution in [0.5, 0.6) is 0 Å². The Morgan fingerprint density at radius 2 is 0.768 bits per heavy atom. The van der Waals surface area contributed by atoms with E-state index in [9.17, 15) is 0 Å². The summed E-state index contributed by atoms with van der Waals surface area (Å²) in [5.74, 6) is 0.697. The van der Waals surface area contributed by atoms with E-state index in [4.69, 9.17) is 15.0 Å². The van der Waals surface area contributed by atoms with Gasteiger partial charge in [-0.3, -0.25) is 9.97 Å². The molecule has 4 nitrogen and oxygen atoms in total. The van der Waals surface area contributed by atoms with Crippen LogP contribution in [0.15, 0.2) is 207 Å². The van der Waals surface area contributed by atoms with Gasteiger partial charge in [-0.1, -0.05) is 164 Å². The minimum atomic E-state index is 0.697. The molecule has 10 rings (SSSR count). The van der Waals surface area contributed by atoms with Crippen LogP contribution in [-0.2, 0) is 0 Å². The van der Waals surface area contributed by atoms with Crippen molar-refractivity contribution in [2.24, 2.45) is 0 Å². The van der Waals surface area contributed by atoms with E-state index in [2.05, 4.69) is 157 Å². The molecule has 0 radical (unpaired) electrons. The van der Waals surface area contributed by atoms with Crippen LogP contribution in [0, 0.1) is 0 Å². The van der Waals surface area contributed by atoms with Crippen LogP contribution in [0.1, 0.15) is 0 Å². The van der Waals surface area contributed by atoms with Gasteiger partial charge >= 0.3 is 0 Å². The van der Waals surface area contributed by atoms with Crippen molar-refractivity contribution < 1.29 is 0 Å². The molecule has 0 saturated carbocycles. The number of aromatic nitrogens is 4. The maximum absolute atomic E-state index is 5.13. The van der Waals surface area contributed by atoms with Crippen LogP contribution < -0.4 is 0 Å². The SMILES string of the molecule is c1ccc(-c2cccc(-c3cc(-c4ccc(-c5c6ccccc6c(-c6ccc(-c7ccccn7)nc6)c6ccccc56)cc4)nc(-c4ccccc4)n3)c2)cc1. The highest BCUT2D eigenvalue weighted by atomic mass is 14.9. The zero-order chi connectivity index (χ0) is 37.3. The highest BCUT2D eigenvalue weighted by molar-refractivity contribution is 6.21. The first-order valence-corrected chi connectivity index (χ1v) is 18.8. The van der Waals surface area contributed by atoms with Crippen molar-refractivity contribution in [1.82, 2.24) is 19.9 Å². The van der Waals surface area contributed by atoms with Gasteiger partial charge in [0.25, 0.3) is 0 Å². The van der Waals surface area contributed by atoms with Crippen molar-refractivity contribution in [3.05, 3.63) is 207 Å². The van der Waals surface area contributed by atoms with Gasteiger partial charge in [0, 0.05) is 34.6 Å². The van der Waals surface area contributed by atoms with Gasteiger partial charge < -0.3 is 0 Å². The molecule has 0 fully saturated rings. The summed E-state index contributed by atoms with van der Waals surface area (Å²) in [6.45, 7) is 0. The Hall–Kier alpha value is -7.56. The monoisotopic (exact) mass is 714 g/mol. The van der Waals surface area contributed by atoms with Gasteiger partial charge in [0.05, 0.1) is 22.8 Å². The predicted molar refractivity (Wildman–Crippen MR) is 231 cm³/mol. The Morgan fingerprint density at radius 1 is 0.268 bits per heavy atom. The molecule has 56 heavy (non-hydrogen) atoms. The van der Waals surface area contributed by atoms with Gasteiger partial charge in [0.15, 0.2) is 5.82 Å². The lowest BCUT2D eigenvalue weighted by Crippen LogP contribution is -1.96. The maximum atomic E-state index is 5.13. The molecule has 262 valence electrons. The Bertz CT molecular complexity index is 2920. The van der Waals surface area contributed by atoms with Gasteiger partial charge in [-0.2, -0.15) is 0 Å². The minimum Gasteiger partial charge on any atom is -0.255 e. The lowest BCUT2D eigenvalue weighted by molar-refractivity contribution is 1.18. The van der Waals surface area contributed by atoms with Crippen molar-refractivity contribution in [2.75, 3.05) is 0 Å². The molecule has 10 aromatic rings. The van der Waals surface area contributed by atoms with E-state index in [-0.39, 0.29) is 0 Å². The summed E-state index contributed by atoms with van der Waals surface area (Å²) in [7, 11) is 0. The van der Waals surface area contributed by atoms with Crippen molar-refractivity contribution in [3.8, 4) is 78.7 Å². The molecular weight excluding hydrogens is 681 g/mol. The molecule has 3 heterocycles. The van der Waals surface area contributed by atoms with Gasteiger partial charge in [-0.25, -0.2) is 9.97 Å². The fourth-order valence-corrected chi connectivity index (χ4v) is 7.71. The Morgan fingerprint density at radius 3 is 1.38 bits per heavy atom. The van der Waals surface area contributed by atoms with Gasteiger partial charge in [-0.05, 0) is 79.7 Å². The summed E-state index contributed by atoms with van der Waals surface area (Å²) in [4.78, 5) is 19.6. The zero-order valence-corrected chi connectivity index (χ0v) is 30.4. The van der Waals surface area contributed by atoms with E-state index in [0.717, 1.165) is 56.2 Å². The van der Waals surface area contributed by atoms with E-state index in [1.165, 1.54) is 38.2 Å². The molecule has 7 aromatic carbocycles. The Labute approximate surface area is 325 Å². The van der Waals surface area contributed by atoms with E-state index < -0.39 is 0 Å². The molecule has 3 aromatic heterocycles. The lowest BCUT2D eigenvalue weighted by atomic mass is 9.86. The predicted octanol–water partition coefficient (Wildman–Crippen LogP) is 13.2. The molecule has 0 aliphatic rings. The first-order valence-electron chi connectivity index (χ1n) is 18.8. The third-order valence-corrected chi connectivity index (χ3v) is 10.4. The number of pyridine rings is 2. The summed E-state index contributed by atoms with van der Waals surface area (Å²) >= 11 is 0. The number of rotatable bonds is 7.